The highest BCUT2D eigenvalue weighted by Crippen LogP contribution is 2.40. The van der Waals surface area contributed by atoms with E-state index in [9.17, 15) is 15.1 Å². The summed E-state index contributed by atoms with van der Waals surface area (Å²) in [5, 5.41) is 29.5. The summed E-state index contributed by atoms with van der Waals surface area (Å²) in [5.74, 6) is 0.289. The van der Waals surface area contributed by atoms with Gasteiger partial charge in [0.05, 0.1) is 11.1 Å². The molecular formula is C24H22N2O5. The molecule has 3 N–H and O–H groups in total. The fourth-order valence-electron chi connectivity index (χ4n) is 3.54. The van der Waals surface area contributed by atoms with Gasteiger partial charge in [0.1, 0.15) is 11.5 Å². The SMILES string of the molecule is CN(Cc1ccccc1)Cc1c(O)ccc2c1OC(=Cc1ccc([NH+]([O-])O)cc1)C2=O. The number of ether oxygens (including phenoxy) is 1. The molecule has 158 valence electrons. The number of quaternary nitrogens is 1. The number of aromatic hydroxyl groups is 1. The first-order valence-electron chi connectivity index (χ1n) is 9.77. The predicted octanol–water partition coefficient (Wildman–Crippen LogP) is 3.04. The molecular weight excluding hydrogens is 396 g/mol. The number of phenols is 1. The Labute approximate surface area is 179 Å². The average Bonchev–Trinajstić information content (AvgIpc) is 3.07. The molecule has 31 heavy (non-hydrogen) atoms. The maximum absolute atomic E-state index is 12.8. The number of fused-ring (bicyclic) bond motifs is 1. The van der Waals surface area contributed by atoms with E-state index in [0.29, 0.717) is 35.5 Å². The number of carbonyl (C=O) groups is 1. The summed E-state index contributed by atoms with van der Waals surface area (Å²) in [6.45, 7) is 1.08. The van der Waals surface area contributed by atoms with Crippen LogP contribution in [0.15, 0.2) is 72.5 Å². The van der Waals surface area contributed by atoms with E-state index >= 15 is 0 Å². The van der Waals surface area contributed by atoms with E-state index < -0.39 is 5.23 Å². The Morgan fingerprint density at radius 3 is 2.42 bits per heavy atom. The minimum absolute atomic E-state index is 0.0681. The lowest BCUT2D eigenvalue weighted by molar-refractivity contribution is -0.991. The second-order valence-corrected chi connectivity index (χ2v) is 7.46. The van der Waals surface area contributed by atoms with Gasteiger partial charge in [-0.05, 0) is 48.5 Å². The van der Waals surface area contributed by atoms with Crippen LogP contribution in [-0.4, -0.2) is 28.0 Å². The van der Waals surface area contributed by atoms with E-state index in [1.54, 1.807) is 24.3 Å². The van der Waals surface area contributed by atoms with Crippen molar-refractivity contribution in [2.75, 3.05) is 7.05 Å². The average molecular weight is 418 g/mol. The quantitative estimate of drug-likeness (QED) is 0.421. The minimum Gasteiger partial charge on any atom is -0.595 e. The molecule has 1 unspecified atom stereocenters. The number of benzene rings is 3. The van der Waals surface area contributed by atoms with E-state index in [0.717, 1.165) is 5.56 Å². The van der Waals surface area contributed by atoms with Gasteiger partial charge in [0.15, 0.2) is 11.4 Å². The van der Waals surface area contributed by atoms with Crippen LogP contribution >= 0.6 is 0 Å². The molecule has 0 aromatic heterocycles. The Morgan fingerprint density at radius 2 is 1.74 bits per heavy atom. The van der Waals surface area contributed by atoms with Crippen molar-refractivity contribution in [2.45, 2.75) is 13.1 Å². The third-order valence-electron chi connectivity index (χ3n) is 5.09. The lowest BCUT2D eigenvalue weighted by Gasteiger charge is -2.19. The molecule has 4 rings (SSSR count). The van der Waals surface area contributed by atoms with Crippen LogP contribution in [0.25, 0.3) is 6.08 Å². The molecule has 0 saturated heterocycles. The lowest BCUT2D eigenvalue weighted by Crippen LogP contribution is -2.99. The van der Waals surface area contributed by atoms with Crippen LogP contribution in [0, 0.1) is 5.21 Å². The van der Waals surface area contributed by atoms with Gasteiger partial charge >= 0.3 is 0 Å². The second-order valence-electron chi connectivity index (χ2n) is 7.46. The molecule has 7 nitrogen and oxygen atoms in total. The third kappa shape index (κ3) is 4.50. The van der Waals surface area contributed by atoms with Crippen LogP contribution in [0.1, 0.15) is 27.0 Å². The van der Waals surface area contributed by atoms with E-state index in [2.05, 4.69) is 0 Å². The number of Topliss-reactive ketones (excluding diaryl/α,β-unsaturated/α-hetero) is 1. The summed E-state index contributed by atoms with van der Waals surface area (Å²) < 4.78 is 5.87. The van der Waals surface area contributed by atoms with Gasteiger partial charge in [0.2, 0.25) is 5.78 Å². The van der Waals surface area contributed by atoms with Crippen LogP contribution < -0.4 is 9.96 Å². The van der Waals surface area contributed by atoms with E-state index in [1.165, 1.54) is 18.2 Å². The van der Waals surface area contributed by atoms with Gasteiger partial charge in [-0.25, -0.2) is 5.21 Å². The zero-order valence-electron chi connectivity index (χ0n) is 16.9. The fraction of sp³-hybridized carbons (Fsp3) is 0.125. The number of hydrogen-bond donors (Lipinski definition) is 3. The standard InChI is InChI=1S/C24H22N2O5/c1-25(14-17-5-3-2-4-6-17)15-20-21(27)12-11-19-23(28)22(31-24(19)20)13-16-7-9-18(10-8-16)26(29)30/h2-13,26-27,29H,14-15H2,1H3. The third-order valence-corrected chi connectivity index (χ3v) is 5.09. The Morgan fingerprint density at radius 1 is 1.03 bits per heavy atom. The van der Waals surface area contributed by atoms with Gasteiger partial charge in [-0.2, -0.15) is 5.23 Å². The summed E-state index contributed by atoms with van der Waals surface area (Å²) >= 11 is 0. The summed E-state index contributed by atoms with van der Waals surface area (Å²) in [7, 11) is 1.93. The molecule has 1 aliphatic heterocycles. The first kappa shape index (κ1) is 20.8. The van der Waals surface area contributed by atoms with Crippen molar-refractivity contribution in [3.05, 3.63) is 100.0 Å². The van der Waals surface area contributed by atoms with Crippen molar-refractivity contribution in [3.8, 4) is 11.5 Å². The van der Waals surface area contributed by atoms with Gasteiger partial charge < -0.3 is 15.1 Å². The Hall–Kier alpha value is -3.49. The lowest BCUT2D eigenvalue weighted by atomic mass is 10.0. The van der Waals surface area contributed by atoms with Gasteiger partial charge in [-0.15, -0.1) is 0 Å². The number of ketones is 1. The highest BCUT2D eigenvalue weighted by atomic mass is 16.8. The summed E-state index contributed by atoms with van der Waals surface area (Å²) in [4.78, 5) is 14.9. The molecule has 0 bridgehead atoms. The second kappa shape index (κ2) is 8.71. The number of hydrogen-bond acceptors (Lipinski definition) is 6. The highest BCUT2D eigenvalue weighted by Gasteiger charge is 2.31. The topological polar surface area (TPSA) is 97.5 Å². The van der Waals surface area contributed by atoms with Gasteiger partial charge in [0, 0.05) is 25.2 Å². The van der Waals surface area contributed by atoms with Gasteiger partial charge in [-0.3, -0.25) is 9.69 Å². The summed E-state index contributed by atoms with van der Waals surface area (Å²) in [5.41, 5.74) is 2.90. The largest absolute Gasteiger partial charge is 0.595 e. The molecule has 1 atom stereocenters. The maximum atomic E-state index is 12.8. The molecule has 0 saturated carbocycles. The Balaban J connectivity index is 1.57. The number of carbonyl (C=O) groups excluding carboxylic acids is 1. The first-order valence-corrected chi connectivity index (χ1v) is 9.77. The molecule has 3 aromatic rings. The molecule has 0 amide bonds. The van der Waals surface area contributed by atoms with Crippen molar-refractivity contribution >= 4 is 17.5 Å². The van der Waals surface area contributed by atoms with Gasteiger partial charge in [-0.1, -0.05) is 30.3 Å². The van der Waals surface area contributed by atoms with Gasteiger partial charge in [0.25, 0.3) is 0 Å². The molecule has 0 fully saturated rings. The van der Waals surface area contributed by atoms with Crippen molar-refractivity contribution in [2.24, 2.45) is 0 Å². The molecule has 1 heterocycles. The maximum Gasteiger partial charge on any atom is 0.231 e. The van der Waals surface area contributed by atoms with E-state index in [1.807, 2.05) is 42.3 Å². The van der Waals surface area contributed by atoms with Crippen LogP contribution in [0.2, 0.25) is 0 Å². The predicted molar refractivity (Wildman–Crippen MR) is 115 cm³/mol. The molecule has 3 aromatic carbocycles. The molecule has 0 spiro atoms. The summed E-state index contributed by atoms with van der Waals surface area (Å²) in [6.07, 6.45) is 1.57. The fourth-order valence-corrected chi connectivity index (χ4v) is 3.54. The van der Waals surface area contributed by atoms with Crippen molar-refractivity contribution < 1.29 is 25.1 Å². The smallest absolute Gasteiger partial charge is 0.231 e. The molecule has 0 radical (unpaired) electrons. The number of allylic oxidation sites excluding steroid dienone is 1. The van der Waals surface area contributed by atoms with Crippen LogP contribution in [0.4, 0.5) is 5.69 Å². The monoisotopic (exact) mass is 418 g/mol. The summed E-state index contributed by atoms with van der Waals surface area (Å²) in [6, 6.07) is 19.2. The minimum atomic E-state index is -1.01. The zero-order chi connectivity index (χ0) is 22.0. The van der Waals surface area contributed by atoms with Crippen molar-refractivity contribution in [1.29, 1.82) is 0 Å². The highest BCUT2D eigenvalue weighted by molar-refractivity contribution is 6.15. The molecule has 7 heteroatoms. The van der Waals surface area contributed by atoms with Crippen LogP contribution in [-0.2, 0) is 13.1 Å². The normalized spacial score (nSPS) is 15.2. The zero-order valence-corrected chi connectivity index (χ0v) is 16.9. The molecule has 1 aliphatic rings. The van der Waals surface area contributed by atoms with Crippen LogP contribution in [0.3, 0.4) is 0 Å². The van der Waals surface area contributed by atoms with Crippen molar-refractivity contribution in [3.63, 3.8) is 0 Å². The Bertz CT molecular complexity index is 1120. The number of rotatable bonds is 6. The first-order chi connectivity index (χ1) is 14.9. The number of phenolic OH excluding ortho intramolecular Hbond substituents is 1. The van der Waals surface area contributed by atoms with Crippen molar-refractivity contribution in [1.82, 2.24) is 4.90 Å². The van der Waals surface area contributed by atoms with Crippen LogP contribution in [0.5, 0.6) is 11.5 Å². The van der Waals surface area contributed by atoms with E-state index in [4.69, 9.17) is 9.94 Å². The molecule has 0 aliphatic carbocycles. The number of nitrogens with one attached hydrogen (secondary N) is 1. The van der Waals surface area contributed by atoms with E-state index in [-0.39, 0.29) is 23.0 Å². The number of nitrogens with zero attached hydrogens (tertiary/aromatic N) is 1. The Kier molecular flexibility index (Phi) is 5.83.